The van der Waals surface area contributed by atoms with Gasteiger partial charge in [-0.1, -0.05) is 32.0 Å². The highest BCUT2D eigenvalue weighted by Crippen LogP contribution is 2.45. The first kappa shape index (κ1) is 37.4. The lowest BCUT2D eigenvalue weighted by Crippen LogP contribution is -2.33. The van der Waals surface area contributed by atoms with Gasteiger partial charge < -0.3 is 38.9 Å². The molecule has 54 heavy (non-hydrogen) atoms. The molecule has 286 valence electrons. The van der Waals surface area contributed by atoms with Crippen molar-refractivity contribution < 1.29 is 52.0 Å². The number of aliphatic hydroxyl groups is 2. The molecule has 1 aromatic carbocycles. The van der Waals surface area contributed by atoms with Crippen LogP contribution in [0.5, 0.6) is 0 Å². The highest BCUT2D eigenvalue weighted by atomic mass is 31.2. The van der Waals surface area contributed by atoms with E-state index in [-0.39, 0.29) is 34.1 Å². The lowest BCUT2D eigenvalue weighted by molar-refractivity contribution is -0.118. The van der Waals surface area contributed by atoms with Crippen LogP contribution in [0.2, 0.25) is 0 Å². The first-order valence-electron chi connectivity index (χ1n) is 16.4. The van der Waals surface area contributed by atoms with Crippen LogP contribution in [0.1, 0.15) is 36.7 Å². The summed E-state index contributed by atoms with van der Waals surface area (Å²) in [6, 6.07) is 8.36. The molecule has 20 nitrogen and oxygen atoms in total. The van der Waals surface area contributed by atoms with E-state index in [1.165, 1.54) is 10.9 Å². The fourth-order valence-corrected chi connectivity index (χ4v) is 6.61. The fourth-order valence-electron chi connectivity index (χ4n) is 5.85. The Kier molecular flexibility index (Phi) is 10.7. The molecule has 2 aliphatic heterocycles. The van der Waals surface area contributed by atoms with E-state index in [2.05, 4.69) is 40.5 Å². The van der Waals surface area contributed by atoms with Crippen molar-refractivity contribution in [3.63, 3.8) is 0 Å². The Hall–Kier alpha value is -4.93. The van der Waals surface area contributed by atoms with Crippen molar-refractivity contribution in [3.05, 3.63) is 65.2 Å². The largest absolute Gasteiger partial charge is 0.394 e. The molecule has 2 amide bonds. The number of nitrogens with zero attached hydrogens (tertiary/aromatic N) is 7. The normalized spacial score (nSPS) is 26.1. The van der Waals surface area contributed by atoms with Gasteiger partial charge in [0.1, 0.15) is 30.7 Å². The highest BCUT2D eigenvalue weighted by Gasteiger charge is 2.50. The van der Waals surface area contributed by atoms with E-state index in [0.29, 0.717) is 5.56 Å². The van der Waals surface area contributed by atoms with E-state index in [0.717, 1.165) is 17.2 Å². The summed E-state index contributed by atoms with van der Waals surface area (Å²) in [6.45, 7) is 1.86. The number of ether oxygens (including phenoxy) is 2. The number of imidazole rings is 2. The third-order valence-electron chi connectivity index (χ3n) is 8.67. The molecular weight excluding hydrogens is 741 g/mol. The number of anilines is 2. The van der Waals surface area contributed by atoms with Gasteiger partial charge in [-0.05, 0) is 12.1 Å². The van der Waals surface area contributed by atoms with Crippen LogP contribution in [0.4, 0.5) is 20.5 Å². The maximum absolute atomic E-state index is 15.5. The van der Waals surface area contributed by atoms with Crippen LogP contribution in [0.3, 0.4) is 0 Å². The second kappa shape index (κ2) is 15.4. The fraction of sp³-hybridized carbons (Fsp3) is 0.419. The minimum atomic E-state index is -2.96. The lowest BCUT2D eigenvalue weighted by atomic mass is 10.1. The first-order valence-corrected chi connectivity index (χ1v) is 17.6. The van der Waals surface area contributed by atoms with Gasteiger partial charge in [0.15, 0.2) is 52.9 Å². The second-order valence-corrected chi connectivity index (χ2v) is 13.5. The highest BCUT2D eigenvalue weighted by molar-refractivity contribution is 7.40. The number of rotatable bonds is 12. The number of aromatic nitrogens is 8. The van der Waals surface area contributed by atoms with Crippen molar-refractivity contribution in [1.29, 1.82) is 0 Å². The standard InChI is InChI=1S/C31H33F2N10O10P/c1-13(2)26(46)40-31-39-25-20(28(48)41-31)37-12-43(25)30-22(17(32)15(8-44)51-30)53-54(49)50-9-16-21(45)18(33)29(52-16)42-11-36-19-23(34-10-35-24(19)42)38-27(47)14-6-4-3-5-7-14/h3-7,10-13,15-18,21-22,29-30,44-45,49H,8-9H2,1-2H3,(H,34,35,38,47)(H2,39,40,41,46,48)/t15-,16-,17-,18+,21-,22-,29-,30-,54?/m1/s1. The Morgan fingerprint density at radius 1 is 0.981 bits per heavy atom. The van der Waals surface area contributed by atoms with Crippen LogP contribution in [-0.2, 0) is 23.3 Å². The predicted molar refractivity (Wildman–Crippen MR) is 182 cm³/mol. The van der Waals surface area contributed by atoms with Gasteiger partial charge in [-0.3, -0.25) is 33.8 Å². The van der Waals surface area contributed by atoms with Crippen LogP contribution in [-0.4, -0.2) is 116 Å². The van der Waals surface area contributed by atoms with Crippen LogP contribution < -0.4 is 16.2 Å². The van der Waals surface area contributed by atoms with E-state index in [4.69, 9.17) is 18.5 Å². The zero-order valence-corrected chi connectivity index (χ0v) is 29.2. The molecule has 0 aliphatic carbocycles. The van der Waals surface area contributed by atoms with Crippen molar-refractivity contribution in [2.75, 3.05) is 23.8 Å². The second-order valence-electron chi connectivity index (χ2n) is 12.5. The monoisotopic (exact) mass is 774 g/mol. The summed E-state index contributed by atoms with van der Waals surface area (Å²) in [5.41, 5.74) is -0.462. The number of halogens is 2. The van der Waals surface area contributed by atoms with Gasteiger partial charge in [0.25, 0.3) is 11.5 Å². The maximum Gasteiger partial charge on any atom is 0.330 e. The summed E-state index contributed by atoms with van der Waals surface area (Å²) < 4.78 is 55.7. The molecule has 4 aromatic heterocycles. The van der Waals surface area contributed by atoms with Gasteiger partial charge in [-0.15, -0.1) is 0 Å². The predicted octanol–water partition coefficient (Wildman–Crippen LogP) is 1.25. The van der Waals surface area contributed by atoms with E-state index in [1.54, 1.807) is 44.2 Å². The molecule has 1 unspecified atom stereocenters. The minimum Gasteiger partial charge on any atom is -0.394 e. The van der Waals surface area contributed by atoms with Gasteiger partial charge in [-0.25, -0.2) is 28.7 Å². The van der Waals surface area contributed by atoms with Crippen molar-refractivity contribution in [2.24, 2.45) is 5.92 Å². The summed E-state index contributed by atoms with van der Waals surface area (Å²) >= 11 is 0. The van der Waals surface area contributed by atoms with Crippen LogP contribution in [0, 0.1) is 5.92 Å². The zero-order valence-electron chi connectivity index (χ0n) is 28.3. The molecule has 7 rings (SSSR count). The summed E-state index contributed by atoms with van der Waals surface area (Å²) in [6.07, 6.45) is -9.75. The quantitative estimate of drug-likeness (QED) is 0.0975. The number of H-pyrrole nitrogens is 1. The zero-order chi connectivity index (χ0) is 38.3. The van der Waals surface area contributed by atoms with Gasteiger partial charge in [0.05, 0.1) is 25.9 Å². The summed E-state index contributed by atoms with van der Waals surface area (Å²) in [5, 5.41) is 25.6. The molecule has 9 atom stereocenters. The van der Waals surface area contributed by atoms with Gasteiger partial charge in [-0.2, -0.15) is 4.98 Å². The molecule has 2 aliphatic rings. The molecule has 2 fully saturated rings. The number of benzene rings is 1. The van der Waals surface area contributed by atoms with E-state index >= 15 is 8.78 Å². The number of aromatic amines is 1. The van der Waals surface area contributed by atoms with Crippen molar-refractivity contribution in [2.45, 2.75) is 63.1 Å². The topological polar surface area (TPSA) is 263 Å². The molecule has 2 saturated heterocycles. The van der Waals surface area contributed by atoms with Crippen molar-refractivity contribution in [1.82, 2.24) is 39.0 Å². The molecule has 0 bridgehead atoms. The van der Waals surface area contributed by atoms with Crippen molar-refractivity contribution >= 4 is 54.5 Å². The number of carbonyl (C=O) groups is 2. The molecule has 0 saturated carbocycles. The van der Waals surface area contributed by atoms with Gasteiger partial charge >= 0.3 is 8.60 Å². The summed E-state index contributed by atoms with van der Waals surface area (Å²) in [5.74, 6) is -1.51. The Labute approximate surface area is 303 Å². The average Bonchev–Trinajstić information content (AvgIpc) is 3.92. The molecule has 6 N–H and O–H groups in total. The number of fused-ring (bicyclic) bond motifs is 2. The van der Waals surface area contributed by atoms with Crippen LogP contribution >= 0.6 is 8.60 Å². The number of hydrogen-bond acceptors (Lipinski definition) is 15. The molecule has 6 heterocycles. The number of nitrogens with one attached hydrogen (secondary N) is 3. The number of amides is 2. The van der Waals surface area contributed by atoms with E-state index < -0.39 is 94.3 Å². The average molecular weight is 775 g/mol. The Morgan fingerprint density at radius 2 is 1.69 bits per heavy atom. The SMILES string of the molecule is CC(C)C(=O)Nc1nc2c(ncn2[C@@H]2O[C@H](CO)[C@@H](F)[C@H]2OP(O)OC[C@H]2O[C@@H](n3cnc4c(NC(=O)c5ccccc5)ncnc43)[C@@H](F)[C@@H]2O)c(=O)[nH]1. The number of carbonyl (C=O) groups excluding carboxylic acids is 2. The van der Waals surface area contributed by atoms with Gasteiger partial charge in [0.2, 0.25) is 11.9 Å². The number of alkyl halides is 2. The molecule has 23 heteroatoms. The van der Waals surface area contributed by atoms with E-state index in [1.807, 2.05) is 0 Å². The van der Waals surface area contributed by atoms with Crippen LogP contribution in [0.15, 0.2) is 54.1 Å². The van der Waals surface area contributed by atoms with E-state index in [9.17, 15) is 29.5 Å². The Bertz CT molecular complexity index is 2210. The Morgan fingerprint density at radius 3 is 2.41 bits per heavy atom. The number of aliphatic hydroxyl groups excluding tert-OH is 2. The van der Waals surface area contributed by atoms with Crippen molar-refractivity contribution in [3.8, 4) is 0 Å². The third kappa shape index (κ3) is 7.17. The smallest absolute Gasteiger partial charge is 0.330 e. The molecule has 5 aromatic rings. The molecule has 0 spiro atoms. The number of hydrogen-bond donors (Lipinski definition) is 6. The Balaban J connectivity index is 1.03. The lowest BCUT2D eigenvalue weighted by Gasteiger charge is -2.24. The molecular formula is C31H33F2N10O10P. The maximum atomic E-state index is 15.5. The third-order valence-corrected chi connectivity index (χ3v) is 9.47. The first-order chi connectivity index (χ1) is 25.9. The molecule has 0 radical (unpaired) electrons. The summed E-state index contributed by atoms with van der Waals surface area (Å²) in [4.78, 5) is 71.4. The summed E-state index contributed by atoms with van der Waals surface area (Å²) in [7, 11) is -2.96. The van der Waals surface area contributed by atoms with Crippen LogP contribution in [0.25, 0.3) is 22.3 Å². The van der Waals surface area contributed by atoms with Gasteiger partial charge in [0, 0.05) is 11.5 Å². The minimum absolute atomic E-state index is 0.0536.